The number of carbonyl (C=O) groups excluding carboxylic acids is 1. The lowest BCUT2D eigenvalue weighted by Gasteiger charge is -2.23. The van der Waals surface area contributed by atoms with Crippen LogP contribution in [0.25, 0.3) is 0 Å². The second-order valence-electron chi connectivity index (χ2n) is 4.89. The Labute approximate surface area is 106 Å². The lowest BCUT2D eigenvalue weighted by molar-refractivity contribution is -0.156. The van der Waals surface area contributed by atoms with Gasteiger partial charge in [0, 0.05) is 12.4 Å². The Bertz CT molecular complexity index is 431. The molecule has 0 aliphatic rings. The van der Waals surface area contributed by atoms with E-state index in [1.54, 1.807) is 20.8 Å². The molecule has 0 saturated carbocycles. The molecule has 1 rings (SSSR count). The highest BCUT2D eigenvalue weighted by Gasteiger charge is 2.28. The lowest BCUT2D eigenvalue weighted by atomic mass is 9.76. The molecule has 1 aromatic rings. The molecule has 6 nitrogen and oxygen atoms in total. The summed E-state index contributed by atoms with van der Waals surface area (Å²) in [6, 6.07) is 0.291. The molecule has 1 heterocycles. The van der Waals surface area contributed by atoms with Crippen LogP contribution in [0.5, 0.6) is 0 Å². The molecule has 7 heteroatoms. The van der Waals surface area contributed by atoms with Gasteiger partial charge in [-0.15, -0.1) is 0 Å². The minimum Gasteiger partial charge on any atom is -0.459 e. The molecule has 0 spiro atoms. The minimum atomic E-state index is -1.71. The van der Waals surface area contributed by atoms with Crippen LogP contribution in [0.4, 0.5) is 0 Å². The summed E-state index contributed by atoms with van der Waals surface area (Å²) in [5.41, 5.74) is 5.47. The predicted octanol–water partition coefficient (Wildman–Crippen LogP) is -0.897. The van der Waals surface area contributed by atoms with Gasteiger partial charge in [0.15, 0.2) is 0 Å². The van der Waals surface area contributed by atoms with Gasteiger partial charge in [-0.25, -0.2) is 4.79 Å². The zero-order chi connectivity index (χ0) is 13.9. The van der Waals surface area contributed by atoms with Crippen LogP contribution in [-0.4, -0.2) is 33.7 Å². The number of aromatic nitrogens is 1. The number of nitrogens with zero attached hydrogens (tertiary/aromatic N) is 1. The molecule has 1 atom stereocenters. The van der Waals surface area contributed by atoms with Crippen LogP contribution in [0.1, 0.15) is 32.4 Å². The average molecular weight is 252 g/mol. The maximum absolute atomic E-state index is 11.8. The molecule has 4 N–H and O–H groups in total. The highest BCUT2D eigenvalue weighted by molar-refractivity contribution is 6.59. The molecule has 0 bridgehead atoms. The Morgan fingerprint density at radius 2 is 2.11 bits per heavy atom. The van der Waals surface area contributed by atoms with Gasteiger partial charge in [-0.05, 0) is 37.9 Å². The number of carbonyl (C=O) groups is 1. The topological polar surface area (TPSA) is 106 Å². The summed E-state index contributed by atoms with van der Waals surface area (Å²) in [4.78, 5) is 15.6. The van der Waals surface area contributed by atoms with Crippen molar-refractivity contribution in [1.29, 1.82) is 0 Å². The Balaban J connectivity index is 2.97. The molecular formula is C11H17BN2O4. The van der Waals surface area contributed by atoms with Gasteiger partial charge < -0.3 is 20.5 Å². The van der Waals surface area contributed by atoms with E-state index in [-0.39, 0.29) is 11.0 Å². The Morgan fingerprint density at radius 1 is 1.50 bits per heavy atom. The van der Waals surface area contributed by atoms with Crippen molar-refractivity contribution in [3.63, 3.8) is 0 Å². The lowest BCUT2D eigenvalue weighted by Crippen LogP contribution is -2.39. The maximum Gasteiger partial charge on any atom is 0.488 e. The molecule has 0 aliphatic carbocycles. The first-order valence-corrected chi connectivity index (χ1v) is 5.51. The molecule has 0 aromatic carbocycles. The van der Waals surface area contributed by atoms with Crippen molar-refractivity contribution in [3.05, 3.63) is 24.0 Å². The average Bonchev–Trinajstić information content (AvgIpc) is 2.25. The van der Waals surface area contributed by atoms with Gasteiger partial charge in [-0.2, -0.15) is 0 Å². The quantitative estimate of drug-likeness (QED) is 0.475. The Kier molecular flexibility index (Phi) is 4.45. The molecule has 0 amide bonds. The van der Waals surface area contributed by atoms with E-state index in [1.807, 2.05) is 0 Å². The summed E-state index contributed by atoms with van der Waals surface area (Å²) in [5, 5.41) is 18.4. The standard InChI is InChI=1S/C11H17BN2O4/c1-11(2,3)18-10(15)9(13)7-6-14-5-4-8(7)12(16)17/h4-6,9,16-17H,13H2,1-3H3/t9-/m0/s1. The van der Waals surface area contributed by atoms with Crippen molar-refractivity contribution in [2.24, 2.45) is 5.73 Å². The second kappa shape index (κ2) is 5.47. The predicted molar refractivity (Wildman–Crippen MR) is 66.8 cm³/mol. The highest BCUT2D eigenvalue weighted by Crippen LogP contribution is 2.14. The summed E-state index contributed by atoms with van der Waals surface area (Å²) < 4.78 is 5.13. The van der Waals surface area contributed by atoms with E-state index in [0.29, 0.717) is 0 Å². The molecule has 98 valence electrons. The SMILES string of the molecule is CC(C)(C)OC(=O)[C@@H](N)c1cnccc1B(O)O. The van der Waals surface area contributed by atoms with E-state index in [1.165, 1.54) is 18.5 Å². The van der Waals surface area contributed by atoms with Crippen LogP contribution in [0, 0.1) is 0 Å². The molecule has 0 saturated heterocycles. The molecule has 0 aliphatic heterocycles. The van der Waals surface area contributed by atoms with Crippen LogP contribution in [0.2, 0.25) is 0 Å². The fraction of sp³-hybridized carbons (Fsp3) is 0.455. The van der Waals surface area contributed by atoms with Crippen LogP contribution >= 0.6 is 0 Å². The summed E-state index contributed by atoms with van der Waals surface area (Å²) in [5.74, 6) is -0.641. The second-order valence-corrected chi connectivity index (χ2v) is 4.89. The zero-order valence-corrected chi connectivity index (χ0v) is 10.6. The van der Waals surface area contributed by atoms with Crippen molar-refractivity contribution >= 4 is 18.6 Å². The maximum atomic E-state index is 11.8. The normalized spacial score (nSPS) is 13.0. The molecule has 0 fully saturated rings. The van der Waals surface area contributed by atoms with Crippen molar-refractivity contribution in [3.8, 4) is 0 Å². The van der Waals surface area contributed by atoms with Gasteiger partial charge >= 0.3 is 13.1 Å². The molecule has 18 heavy (non-hydrogen) atoms. The Morgan fingerprint density at radius 3 is 2.61 bits per heavy atom. The van der Waals surface area contributed by atoms with E-state index in [4.69, 9.17) is 10.5 Å². The van der Waals surface area contributed by atoms with Crippen LogP contribution in [0.3, 0.4) is 0 Å². The van der Waals surface area contributed by atoms with E-state index in [2.05, 4.69) is 4.98 Å². The van der Waals surface area contributed by atoms with Gasteiger partial charge in [0.2, 0.25) is 0 Å². The van der Waals surface area contributed by atoms with E-state index < -0.39 is 24.7 Å². The minimum absolute atomic E-state index is 0.142. The van der Waals surface area contributed by atoms with Crippen LogP contribution in [0.15, 0.2) is 18.5 Å². The largest absolute Gasteiger partial charge is 0.488 e. The van der Waals surface area contributed by atoms with Gasteiger partial charge in [0.1, 0.15) is 11.6 Å². The first kappa shape index (κ1) is 14.6. The van der Waals surface area contributed by atoms with E-state index in [9.17, 15) is 14.8 Å². The van der Waals surface area contributed by atoms with Gasteiger partial charge in [0.25, 0.3) is 0 Å². The third-order valence-electron chi connectivity index (χ3n) is 2.16. The van der Waals surface area contributed by atoms with Crippen LogP contribution < -0.4 is 11.2 Å². The number of nitrogens with two attached hydrogens (primary N) is 1. The van der Waals surface area contributed by atoms with Crippen molar-refractivity contribution in [1.82, 2.24) is 4.98 Å². The summed E-state index contributed by atoms with van der Waals surface area (Å²) in [7, 11) is -1.71. The summed E-state index contributed by atoms with van der Waals surface area (Å²) in [6.07, 6.45) is 2.71. The molecular weight excluding hydrogens is 235 g/mol. The van der Waals surface area contributed by atoms with Crippen molar-refractivity contribution in [2.45, 2.75) is 32.4 Å². The first-order chi connectivity index (χ1) is 8.22. The van der Waals surface area contributed by atoms with Gasteiger partial charge in [0.05, 0.1) is 0 Å². The number of ether oxygens (including phenoxy) is 1. The smallest absolute Gasteiger partial charge is 0.459 e. The number of rotatable bonds is 3. The zero-order valence-electron chi connectivity index (χ0n) is 10.6. The molecule has 0 radical (unpaired) electrons. The van der Waals surface area contributed by atoms with Gasteiger partial charge in [-0.3, -0.25) is 4.98 Å². The first-order valence-electron chi connectivity index (χ1n) is 5.51. The Hall–Kier alpha value is -1.44. The highest BCUT2D eigenvalue weighted by atomic mass is 16.6. The van der Waals surface area contributed by atoms with E-state index >= 15 is 0 Å². The van der Waals surface area contributed by atoms with Crippen molar-refractivity contribution < 1.29 is 19.6 Å². The van der Waals surface area contributed by atoms with E-state index in [0.717, 1.165) is 0 Å². The third-order valence-corrected chi connectivity index (χ3v) is 2.16. The monoisotopic (exact) mass is 252 g/mol. The number of esters is 1. The fourth-order valence-corrected chi connectivity index (χ4v) is 1.40. The van der Waals surface area contributed by atoms with Crippen LogP contribution in [-0.2, 0) is 9.53 Å². The fourth-order valence-electron chi connectivity index (χ4n) is 1.40. The summed E-state index contributed by atoms with van der Waals surface area (Å²) in [6.45, 7) is 5.17. The molecule has 1 aromatic heterocycles. The number of hydrogen-bond acceptors (Lipinski definition) is 6. The molecule has 0 unspecified atom stereocenters. The number of hydrogen-bond donors (Lipinski definition) is 3. The summed E-state index contributed by atoms with van der Waals surface area (Å²) >= 11 is 0. The third kappa shape index (κ3) is 3.80. The van der Waals surface area contributed by atoms with Crippen molar-refractivity contribution in [2.75, 3.05) is 0 Å². The number of pyridine rings is 1. The van der Waals surface area contributed by atoms with Gasteiger partial charge in [-0.1, -0.05) is 0 Å².